The lowest BCUT2D eigenvalue weighted by atomic mass is 10.1. The summed E-state index contributed by atoms with van der Waals surface area (Å²) in [6, 6.07) is 0. The SMILES string of the molecule is C.C.C.C.C.C.C.C.C.C.C=C(F)C(F)(F)OC(C)(F)C(F)(F)OC(F)(F)OC.CCC(C)CF.O=C(O)CF. The Morgan fingerprint density at radius 2 is 1.12 bits per heavy atom. The number of carboxylic acid groups (broad SMARTS) is 1. The Balaban J connectivity index is -0.0000000275. The average molecular weight is 633 g/mol. The molecule has 0 aromatic rings. The molecule has 0 aliphatic carbocycles. The first-order valence-electron chi connectivity index (χ1n) is 7.71. The number of hydrogen-bond acceptors (Lipinski definition) is 4. The van der Waals surface area contributed by atoms with Gasteiger partial charge in [-0.3, -0.25) is 13.9 Å². The van der Waals surface area contributed by atoms with Gasteiger partial charge < -0.3 is 5.11 Å². The summed E-state index contributed by atoms with van der Waals surface area (Å²) in [4.78, 5) is 8.99. The number of rotatable bonds is 10. The van der Waals surface area contributed by atoms with Gasteiger partial charge >= 0.3 is 30.3 Å². The van der Waals surface area contributed by atoms with Gasteiger partial charge in [0.15, 0.2) is 12.5 Å². The summed E-state index contributed by atoms with van der Waals surface area (Å²) in [5.74, 6) is -8.55. The number of halogens is 10. The minimum atomic E-state index is -5.58. The molecule has 0 aromatic heterocycles. The lowest BCUT2D eigenvalue weighted by molar-refractivity contribution is -0.514. The molecule has 40 heavy (non-hydrogen) atoms. The van der Waals surface area contributed by atoms with E-state index in [-0.39, 0.29) is 101 Å². The van der Waals surface area contributed by atoms with Gasteiger partial charge in [-0.25, -0.2) is 22.7 Å². The zero-order chi connectivity index (χ0) is 25.0. The summed E-state index contributed by atoms with van der Waals surface area (Å²) in [5.41, 5.74) is 0. The van der Waals surface area contributed by atoms with Crippen LogP contribution in [0.2, 0.25) is 0 Å². The van der Waals surface area contributed by atoms with Crippen LogP contribution in [0, 0.1) is 5.92 Å². The molecule has 0 bridgehead atoms. The first-order chi connectivity index (χ1) is 13.2. The summed E-state index contributed by atoms with van der Waals surface area (Å²) in [6.07, 6.45) is -14.8. The third kappa shape index (κ3) is 38.5. The summed E-state index contributed by atoms with van der Waals surface area (Å²) in [5, 5.41) is 7.35. The number of carbonyl (C=O) groups is 1. The van der Waals surface area contributed by atoms with Crippen LogP contribution in [-0.2, 0) is 19.0 Å². The first kappa shape index (κ1) is 83.3. The Morgan fingerprint density at radius 1 is 0.825 bits per heavy atom. The predicted molar refractivity (Wildman–Crippen MR) is 150 cm³/mol. The van der Waals surface area contributed by atoms with Crippen molar-refractivity contribution in [1.82, 2.24) is 0 Å². The minimum Gasteiger partial charge on any atom is -0.479 e. The van der Waals surface area contributed by atoms with Gasteiger partial charge in [0.1, 0.15) is 0 Å². The zero-order valence-corrected chi connectivity index (χ0v) is 16.3. The van der Waals surface area contributed by atoms with Crippen LogP contribution in [-0.4, -0.2) is 55.9 Å². The quantitative estimate of drug-likeness (QED) is 0.192. The third-order valence-corrected chi connectivity index (χ3v) is 2.71. The van der Waals surface area contributed by atoms with Crippen LogP contribution in [0.4, 0.5) is 43.9 Å². The predicted octanol–water partition coefficient (Wildman–Crippen LogP) is 12.0. The fourth-order valence-corrected chi connectivity index (χ4v) is 0.747. The second-order valence-electron chi connectivity index (χ2n) is 5.42. The molecular formula is C25H62F10O5. The monoisotopic (exact) mass is 632 g/mol. The highest BCUT2D eigenvalue weighted by Gasteiger charge is 2.63. The highest BCUT2D eigenvalue weighted by atomic mass is 19.3. The highest BCUT2D eigenvalue weighted by Crippen LogP contribution is 2.43. The molecule has 262 valence electrons. The lowest BCUT2D eigenvalue weighted by Crippen LogP contribution is -2.53. The van der Waals surface area contributed by atoms with E-state index in [1.54, 1.807) is 0 Å². The molecule has 0 saturated heterocycles. The minimum absolute atomic E-state index is 0. The van der Waals surface area contributed by atoms with E-state index in [9.17, 15) is 43.9 Å². The highest BCUT2D eigenvalue weighted by molar-refractivity contribution is 5.67. The second-order valence-corrected chi connectivity index (χ2v) is 5.42. The zero-order valence-electron chi connectivity index (χ0n) is 16.3. The molecule has 0 spiro atoms. The molecule has 0 fully saturated rings. The van der Waals surface area contributed by atoms with Gasteiger partial charge in [0, 0.05) is 14.0 Å². The summed E-state index contributed by atoms with van der Waals surface area (Å²) >= 11 is 0. The van der Waals surface area contributed by atoms with Crippen LogP contribution in [0.25, 0.3) is 0 Å². The van der Waals surface area contributed by atoms with E-state index >= 15 is 0 Å². The van der Waals surface area contributed by atoms with E-state index in [2.05, 4.69) is 14.2 Å². The Kier molecular flexibility index (Phi) is 73.7. The van der Waals surface area contributed by atoms with Crippen LogP contribution in [0.15, 0.2) is 12.4 Å². The summed E-state index contributed by atoms with van der Waals surface area (Å²) < 4.78 is 131. The number of hydrogen-bond donors (Lipinski definition) is 1. The Labute approximate surface area is 239 Å². The number of carboxylic acids is 1. The molecule has 5 nitrogen and oxygen atoms in total. The fourth-order valence-electron chi connectivity index (χ4n) is 0.747. The van der Waals surface area contributed by atoms with E-state index in [4.69, 9.17) is 9.90 Å². The topological polar surface area (TPSA) is 65.0 Å². The van der Waals surface area contributed by atoms with E-state index in [0.29, 0.717) is 0 Å². The number of methoxy groups -OCH3 is 1. The van der Waals surface area contributed by atoms with Gasteiger partial charge in [-0.2, -0.15) is 17.6 Å². The van der Waals surface area contributed by atoms with Gasteiger partial charge in [0.25, 0.3) is 0 Å². The molecular weight excluding hydrogens is 570 g/mol. The van der Waals surface area contributed by atoms with Crippen molar-refractivity contribution in [3.8, 4) is 0 Å². The van der Waals surface area contributed by atoms with Gasteiger partial charge in [-0.15, -0.1) is 8.78 Å². The molecule has 15 heteroatoms. The van der Waals surface area contributed by atoms with Crippen molar-refractivity contribution >= 4 is 5.97 Å². The lowest BCUT2D eigenvalue weighted by Gasteiger charge is -2.33. The second kappa shape index (κ2) is 35.4. The Bertz CT molecular complexity index is 518. The first-order valence-corrected chi connectivity index (χ1v) is 7.71. The summed E-state index contributed by atoms with van der Waals surface area (Å²) in [6.45, 7) is 4.10. The van der Waals surface area contributed by atoms with E-state index < -0.39 is 42.8 Å². The standard InChI is InChI=1S/C8H8F8O3.C5H11F.C2H3FO2.10CH4/c1-4(9)6(11,12)18-5(2,10)7(13,14)19-8(15,16)17-3;1-3-5(2)4-6;3-1-2(4)5;;;;;;;;;;/h1H2,2-3H3;5H,3-4H2,1-2H3;1H2,(H,4,5);10*1H4. The Hall–Kier alpha value is -1.61. The Morgan fingerprint density at radius 3 is 1.27 bits per heavy atom. The van der Waals surface area contributed by atoms with Crippen molar-refractivity contribution < 1.29 is 68.0 Å². The van der Waals surface area contributed by atoms with Crippen LogP contribution in [0.5, 0.6) is 0 Å². The summed E-state index contributed by atoms with van der Waals surface area (Å²) in [7, 11) is 0.227. The molecule has 0 aromatic carbocycles. The van der Waals surface area contributed by atoms with Crippen molar-refractivity contribution in [2.24, 2.45) is 5.92 Å². The van der Waals surface area contributed by atoms with Crippen molar-refractivity contribution in [3.05, 3.63) is 12.4 Å². The number of alkyl halides is 9. The maximum atomic E-state index is 13.2. The normalized spacial score (nSPS) is 11.2. The maximum absolute atomic E-state index is 13.2. The van der Waals surface area contributed by atoms with Crippen LogP contribution in [0.3, 0.4) is 0 Å². The fraction of sp³-hybridized carbons (Fsp3) is 0.880. The third-order valence-electron chi connectivity index (χ3n) is 2.71. The van der Waals surface area contributed by atoms with Gasteiger partial charge in [0.2, 0.25) is 0 Å². The smallest absolute Gasteiger partial charge is 0.479 e. The van der Waals surface area contributed by atoms with Crippen molar-refractivity contribution in [2.45, 2.75) is 126 Å². The molecule has 0 heterocycles. The van der Waals surface area contributed by atoms with Crippen molar-refractivity contribution in [2.75, 3.05) is 20.5 Å². The number of ether oxygens (including phenoxy) is 3. The average Bonchev–Trinajstić information content (AvgIpc) is 2.60. The van der Waals surface area contributed by atoms with Crippen LogP contribution >= 0.6 is 0 Å². The largest absolute Gasteiger partial charge is 0.490 e. The molecule has 0 aliphatic rings. The van der Waals surface area contributed by atoms with Crippen LogP contribution in [0.1, 0.15) is 101 Å². The van der Waals surface area contributed by atoms with Gasteiger partial charge in [-0.1, -0.05) is 101 Å². The molecule has 2 unspecified atom stereocenters. The van der Waals surface area contributed by atoms with Crippen LogP contribution < -0.4 is 0 Å². The number of aliphatic carboxylic acids is 1. The molecule has 0 saturated carbocycles. The molecule has 0 rings (SSSR count). The molecule has 0 aliphatic heterocycles. The molecule has 1 N–H and O–H groups in total. The molecule has 2 atom stereocenters. The van der Waals surface area contributed by atoms with Gasteiger partial charge in [0.05, 0.1) is 6.67 Å². The molecule has 0 amide bonds. The maximum Gasteiger partial charge on any atom is 0.490 e. The van der Waals surface area contributed by atoms with Crippen molar-refractivity contribution in [1.29, 1.82) is 0 Å². The van der Waals surface area contributed by atoms with E-state index in [0.717, 1.165) is 6.42 Å². The van der Waals surface area contributed by atoms with Crippen molar-refractivity contribution in [3.63, 3.8) is 0 Å². The van der Waals surface area contributed by atoms with E-state index in [1.165, 1.54) is 0 Å². The van der Waals surface area contributed by atoms with E-state index in [1.807, 2.05) is 20.4 Å². The van der Waals surface area contributed by atoms with Gasteiger partial charge in [-0.05, 0) is 5.92 Å². The molecule has 0 radical (unpaired) electrons.